The summed E-state index contributed by atoms with van der Waals surface area (Å²) in [5.41, 5.74) is 3.21. The minimum absolute atomic E-state index is 0.191. The fourth-order valence-electron chi connectivity index (χ4n) is 3.51. The van der Waals surface area contributed by atoms with Crippen molar-refractivity contribution in [2.24, 2.45) is 0 Å². The zero-order valence-electron chi connectivity index (χ0n) is 17.6. The number of hydrogen-bond acceptors (Lipinski definition) is 5. The molecule has 0 unspecified atom stereocenters. The van der Waals surface area contributed by atoms with Crippen molar-refractivity contribution in [2.45, 2.75) is 6.92 Å². The highest BCUT2D eigenvalue weighted by atomic mass is 32.1. The SMILES string of the molecule is COc1ccc(-c2csc(-n3nc(C)cc3NC(=O)c3ccc4ccccc4c3)n2)cc1. The molecule has 5 aromatic rings. The molecule has 0 bridgehead atoms. The van der Waals surface area contributed by atoms with Crippen molar-refractivity contribution in [3.8, 4) is 22.1 Å². The van der Waals surface area contributed by atoms with E-state index in [1.54, 1.807) is 11.8 Å². The van der Waals surface area contributed by atoms with Gasteiger partial charge in [-0.25, -0.2) is 4.98 Å². The third kappa shape index (κ3) is 3.86. The summed E-state index contributed by atoms with van der Waals surface area (Å²) in [6, 6.07) is 23.2. The molecule has 0 fully saturated rings. The van der Waals surface area contributed by atoms with Gasteiger partial charge in [0.15, 0.2) is 0 Å². The van der Waals surface area contributed by atoms with Crippen LogP contribution >= 0.6 is 11.3 Å². The topological polar surface area (TPSA) is 69.0 Å². The Balaban J connectivity index is 1.42. The molecule has 0 saturated heterocycles. The lowest BCUT2D eigenvalue weighted by atomic mass is 10.1. The number of benzene rings is 3. The van der Waals surface area contributed by atoms with Crippen LogP contribution in [0.1, 0.15) is 16.1 Å². The number of ether oxygens (including phenoxy) is 1. The summed E-state index contributed by atoms with van der Waals surface area (Å²) in [7, 11) is 1.64. The van der Waals surface area contributed by atoms with Gasteiger partial charge < -0.3 is 10.1 Å². The van der Waals surface area contributed by atoms with Gasteiger partial charge in [-0.3, -0.25) is 4.79 Å². The molecule has 0 aliphatic carbocycles. The third-order valence-electron chi connectivity index (χ3n) is 5.14. The van der Waals surface area contributed by atoms with E-state index in [2.05, 4.69) is 10.4 Å². The van der Waals surface area contributed by atoms with Gasteiger partial charge in [0.25, 0.3) is 5.91 Å². The van der Waals surface area contributed by atoms with E-state index < -0.39 is 0 Å². The van der Waals surface area contributed by atoms with Crippen LogP contribution in [0.4, 0.5) is 5.82 Å². The number of aryl methyl sites for hydroxylation is 1. The van der Waals surface area contributed by atoms with Gasteiger partial charge in [0, 0.05) is 22.6 Å². The van der Waals surface area contributed by atoms with Gasteiger partial charge in [-0.1, -0.05) is 30.3 Å². The number of methoxy groups -OCH3 is 1. The van der Waals surface area contributed by atoms with Crippen molar-refractivity contribution in [2.75, 3.05) is 12.4 Å². The summed E-state index contributed by atoms with van der Waals surface area (Å²) in [6.07, 6.45) is 0. The normalized spacial score (nSPS) is 10.9. The van der Waals surface area contributed by atoms with E-state index in [-0.39, 0.29) is 5.91 Å². The lowest BCUT2D eigenvalue weighted by molar-refractivity contribution is 0.102. The Labute approximate surface area is 189 Å². The summed E-state index contributed by atoms with van der Waals surface area (Å²) in [4.78, 5) is 17.7. The summed E-state index contributed by atoms with van der Waals surface area (Å²) in [5.74, 6) is 1.19. The first kappa shape index (κ1) is 20.0. The number of carbonyl (C=O) groups is 1. The van der Waals surface area contributed by atoms with Crippen LogP contribution < -0.4 is 10.1 Å². The van der Waals surface area contributed by atoms with E-state index >= 15 is 0 Å². The molecule has 6 nitrogen and oxygen atoms in total. The molecule has 5 rings (SSSR count). The van der Waals surface area contributed by atoms with E-state index in [1.807, 2.05) is 85.1 Å². The van der Waals surface area contributed by atoms with Gasteiger partial charge in [0.1, 0.15) is 11.6 Å². The maximum Gasteiger partial charge on any atom is 0.256 e. The van der Waals surface area contributed by atoms with Crippen LogP contribution in [0.25, 0.3) is 27.2 Å². The average molecular weight is 441 g/mol. The average Bonchev–Trinajstić information content (AvgIpc) is 3.45. The molecular weight excluding hydrogens is 420 g/mol. The monoisotopic (exact) mass is 440 g/mol. The predicted octanol–water partition coefficient (Wildman–Crippen LogP) is 5.72. The lowest BCUT2D eigenvalue weighted by Gasteiger charge is -2.07. The molecule has 0 spiro atoms. The highest BCUT2D eigenvalue weighted by Crippen LogP contribution is 2.28. The Morgan fingerprint density at radius 2 is 1.78 bits per heavy atom. The van der Waals surface area contributed by atoms with Crippen molar-refractivity contribution in [3.63, 3.8) is 0 Å². The number of nitrogens with one attached hydrogen (secondary N) is 1. The van der Waals surface area contributed by atoms with Gasteiger partial charge in [-0.2, -0.15) is 9.78 Å². The summed E-state index contributed by atoms with van der Waals surface area (Å²) < 4.78 is 6.90. The van der Waals surface area contributed by atoms with Gasteiger partial charge in [-0.15, -0.1) is 11.3 Å². The van der Waals surface area contributed by atoms with Crippen molar-refractivity contribution in [1.29, 1.82) is 0 Å². The maximum atomic E-state index is 13.0. The highest BCUT2D eigenvalue weighted by Gasteiger charge is 2.16. The molecule has 0 aliphatic rings. The first-order valence-corrected chi connectivity index (χ1v) is 11.0. The molecule has 3 aromatic carbocycles. The van der Waals surface area contributed by atoms with E-state index in [4.69, 9.17) is 9.72 Å². The van der Waals surface area contributed by atoms with Crippen LogP contribution in [0.15, 0.2) is 78.2 Å². The summed E-state index contributed by atoms with van der Waals surface area (Å²) in [6.45, 7) is 1.89. The molecule has 7 heteroatoms. The predicted molar refractivity (Wildman–Crippen MR) is 128 cm³/mol. The lowest BCUT2D eigenvalue weighted by Crippen LogP contribution is -2.15. The fourth-order valence-corrected chi connectivity index (χ4v) is 4.31. The number of nitrogens with zero attached hydrogens (tertiary/aromatic N) is 3. The number of amides is 1. The van der Waals surface area contributed by atoms with Crippen molar-refractivity contribution < 1.29 is 9.53 Å². The first-order valence-electron chi connectivity index (χ1n) is 10.1. The smallest absolute Gasteiger partial charge is 0.256 e. The second-order valence-electron chi connectivity index (χ2n) is 7.34. The van der Waals surface area contributed by atoms with E-state index in [0.29, 0.717) is 16.5 Å². The Hall–Kier alpha value is -3.97. The van der Waals surface area contributed by atoms with Crippen LogP contribution in [0, 0.1) is 6.92 Å². The Bertz CT molecular complexity index is 1420. The van der Waals surface area contributed by atoms with Crippen LogP contribution in [0.2, 0.25) is 0 Å². The highest BCUT2D eigenvalue weighted by molar-refractivity contribution is 7.12. The molecule has 2 aromatic heterocycles. The number of fused-ring (bicyclic) bond motifs is 1. The standard InChI is InChI=1S/C25H20N4O2S/c1-16-13-23(27-24(30)20-8-7-17-5-3-4-6-19(17)14-20)29(28-16)25-26-22(15-32-25)18-9-11-21(31-2)12-10-18/h3-15H,1-2H3,(H,27,30). The van der Waals surface area contributed by atoms with Crippen LogP contribution in [0.3, 0.4) is 0 Å². The molecule has 0 aliphatic heterocycles. The van der Waals surface area contributed by atoms with Gasteiger partial charge in [0.05, 0.1) is 18.5 Å². The largest absolute Gasteiger partial charge is 0.497 e. The zero-order chi connectivity index (χ0) is 22.1. The summed E-state index contributed by atoms with van der Waals surface area (Å²) >= 11 is 1.47. The number of thiazole rings is 1. The van der Waals surface area contributed by atoms with Gasteiger partial charge in [-0.05, 0) is 54.1 Å². The van der Waals surface area contributed by atoms with Crippen molar-refractivity contribution in [3.05, 3.63) is 89.4 Å². The molecule has 0 radical (unpaired) electrons. The molecule has 2 heterocycles. The second kappa shape index (κ2) is 8.28. The second-order valence-corrected chi connectivity index (χ2v) is 8.18. The molecule has 32 heavy (non-hydrogen) atoms. The van der Waals surface area contributed by atoms with Gasteiger partial charge in [0.2, 0.25) is 5.13 Å². The van der Waals surface area contributed by atoms with E-state index in [1.165, 1.54) is 11.3 Å². The maximum absolute atomic E-state index is 13.0. The first-order chi connectivity index (χ1) is 15.6. The zero-order valence-corrected chi connectivity index (χ0v) is 18.4. The number of anilines is 1. The molecular formula is C25H20N4O2S. The van der Waals surface area contributed by atoms with Crippen LogP contribution in [-0.4, -0.2) is 27.8 Å². The molecule has 1 N–H and O–H groups in total. The minimum atomic E-state index is -0.191. The van der Waals surface area contributed by atoms with Crippen molar-refractivity contribution >= 4 is 33.8 Å². The number of hydrogen-bond donors (Lipinski definition) is 1. The van der Waals surface area contributed by atoms with Crippen molar-refractivity contribution in [1.82, 2.24) is 14.8 Å². The Morgan fingerprint density at radius 3 is 2.56 bits per heavy atom. The fraction of sp³-hybridized carbons (Fsp3) is 0.0800. The van der Waals surface area contributed by atoms with Crippen LogP contribution in [0.5, 0.6) is 5.75 Å². The number of carbonyl (C=O) groups excluding carboxylic acids is 1. The molecule has 0 atom stereocenters. The number of rotatable bonds is 5. The molecule has 0 saturated carbocycles. The molecule has 1 amide bonds. The van der Waals surface area contributed by atoms with Gasteiger partial charge >= 0.3 is 0 Å². The minimum Gasteiger partial charge on any atom is -0.497 e. The number of aromatic nitrogens is 3. The summed E-state index contributed by atoms with van der Waals surface area (Å²) in [5, 5.41) is 12.3. The van der Waals surface area contributed by atoms with E-state index in [0.717, 1.165) is 33.5 Å². The van der Waals surface area contributed by atoms with E-state index in [9.17, 15) is 4.79 Å². The Kier molecular flexibility index (Phi) is 5.17. The molecule has 158 valence electrons. The quantitative estimate of drug-likeness (QED) is 0.380. The Morgan fingerprint density at radius 1 is 1.00 bits per heavy atom. The third-order valence-corrected chi connectivity index (χ3v) is 5.96. The van der Waals surface area contributed by atoms with Crippen LogP contribution in [-0.2, 0) is 0 Å².